The molecule has 0 bridgehead atoms. The number of nitrogen functional groups attached to an aromatic ring is 1. The van der Waals surface area contributed by atoms with Gasteiger partial charge in [0.05, 0.1) is 17.3 Å². The number of rotatable bonds is 13. The lowest BCUT2D eigenvalue weighted by atomic mass is 10.1. The van der Waals surface area contributed by atoms with Crippen LogP contribution >= 0.6 is 35.2 Å². The number of azide groups is 1. The van der Waals surface area contributed by atoms with Crippen molar-refractivity contribution in [3.63, 3.8) is 0 Å². The van der Waals surface area contributed by atoms with Crippen molar-refractivity contribution in [2.45, 2.75) is 29.4 Å². The summed E-state index contributed by atoms with van der Waals surface area (Å²) in [6, 6.07) is 5.72. The molecule has 21 nitrogen and oxygen atoms in total. The number of benzene rings is 1. The highest BCUT2D eigenvalue weighted by Gasteiger charge is 2.47. The number of thioether (sulfide) groups is 1. The number of phosphoric ester groups is 1. The first kappa shape index (κ1) is 34.0. The molecule has 2 aromatic rings. The van der Waals surface area contributed by atoms with Crippen LogP contribution in [0.15, 0.2) is 45.3 Å². The highest BCUT2D eigenvalue weighted by atomic mass is 32.2. The number of anilines is 1. The van der Waals surface area contributed by atoms with Gasteiger partial charge >= 0.3 is 29.2 Å². The maximum Gasteiger partial charge on any atom is 0.490 e. The molecule has 0 amide bonds. The van der Waals surface area contributed by atoms with Crippen LogP contribution < -0.4 is 11.4 Å². The molecule has 1 saturated heterocycles. The third-order valence-corrected chi connectivity index (χ3v) is 9.92. The number of ether oxygens (including phenoxy) is 1. The Morgan fingerprint density at radius 2 is 1.76 bits per heavy atom. The van der Waals surface area contributed by atoms with Crippen molar-refractivity contribution in [1.82, 2.24) is 9.55 Å². The van der Waals surface area contributed by atoms with Gasteiger partial charge in [0.2, 0.25) is 0 Å². The van der Waals surface area contributed by atoms with Crippen molar-refractivity contribution in [2.24, 2.45) is 5.11 Å². The largest absolute Gasteiger partial charge is 0.490 e. The molecule has 2 heterocycles. The summed E-state index contributed by atoms with van der Waals surface area (Å²) in [5, 5.41) is 24.1. The first-order valence-electron chi connectivity index (χ1n) is 10.9. The Bertz CT molecular complexity index is 1580. The number of aliphatic hydroxyl groups excluding tert-OH is 2. The van der Waals surface area contributed by atoms with Crippen LogP contribution in [0, 0.1) is 0 Å². The van der Waals surface area contributed by atoms with E-state index in [-0.39, 0.29) is 27.8 Å². The Balaban J connectivity index is 1.69. The van der Waals surface area contributed by atoms with Gasteiger partial charge in [0, 0.05) is 22.4 Å². The molecule has 0 saturated carbocycles. The van der Waals surface area contributed by atoms with Crippen LogP contribution in [-0.2, 0) is 31.6 Å². The average molecular weight is 674 g/mol. The first-order chi connectivity index (χ1) is 19.4. The van der Waals surface area contributed by atoms with Crippen molar-refractivity contribution < 1.29 is 66.2 Å². The van der Waals surface area contributed by atoms with Gasteiger partial charge in [-0.05, 0) is 5.53 Å². The molecule has 25 heteroatoms. The molecule has 0 aliphatic carbocycles. The van der Waals surface area contributed by atoms with Gasteiger partial charge in [0.15, 0.2) is 12.0 Å². The summed E-state index contributed by atoms with van der Waals surface area (Å²) in [5.74, 6) is -0.835. The van der Waals surface area contributed by atoms with Gasteiger partial charge in [-0.1, -0.05) is 29.4 Å². The fraction of sp³-hybridized carbons (Fsp3) is 0.353. The van der Waals surface area contributed by atoms with E-state index in [9.17, 15) is 43.3 Å². The summed E-state index contributed by atoms with van der Waals surface area (Å²) in [5.41, 5.74) is 13.8. The number of Topliss-reactive ketones (excluding diaryl/α,β-unsaturated/α-hetero) is 1. The number of nitrogens with zero attached hydrogens (tertiary/aromatic N) is 5. The van der Waals surface area contributed by atoms with Gasteiger partial charge in [0.25, 0.3) is 0 Å². The van der Waals surface area contributed by atoms with Crippen LogP contribution in [-0.4, -0.2) is 75.8 Å². The molecule has 1 aliphatic rings. The minimum atomic E-state index is -5.80. The van der Waals surface area contributed by atoms with Gasteiger partial charge in [-0.15, -0.1) is 11.8 Å². The van der Waals surface area contributed by atoms with E-state index in [4.69, 9.17) is 25.8 Å². The molecule has 0 radical (unpaired) electrons. The number of nitrogens with two attached hydrogens (primary N) is 1. The maximum atomic E-state index is 12.6. The number of hydrogen-bond acceptors (Lipinski definition) is 15. The normalized spacial score (nSPS) is 23.5. The molecule has 230 valence electrons. The van der Waals surface area contributed by atoms with Gasteiger partial charge in [-0.25, -0.2) is 18.5 Å². The molecule has 1 aliphatic heterocycles. The van der Waals surface area contributed by atoms with E-state index >= 15 is 0 Å². The van der Waals surface area contributed by atoms with Crippen LogP contribution in [0.5, 0.6) is 0 Å². The van der Waals surface area contributed by atoms with Crippen molar-refractivity contribution in [1.29, 1.82) is 0 Å². The second kappa shape index (κ2) is 13.4. The van der Waals surface area contributed by atoms with Crippen LogP contribution in [0.1, 0.15) is 16.6 Å². The lowest BCUT2D eigenvalue weighted by Gasteiger charge is -2.19. The van der Waals surface area contributed by atoms with Gasteiger partial charge < -0.3 is 40.3 Å². The van der Waals surface area contributed by atoms with E-state index in [0.717, 1.165) is 22.5 Å². The monoisotopic (exact) mass is 674 g/mol. The molecule has 2 unspecified atom stereocenters. The Morgan fingerprint density at radius 3 is 2.36 bits per heavy atom. The summed E-state index contributed by atoms with van der Waals surface area (Å²) in [7, 11) is -17.0. The Hall–Kier alpha value is -2.48. The van der Waals surface area contributed by atoms with Crippen LogP contribution in [0.2, 0.25) is 0 Å². The number of hydrogen-bond donors (Lipinski definition) is 7. The Morgan fingerprint density at radius 1 is 1.12 bits per heavy atom. The lowest BCUT2D eigenvalue weighted by molar-refractivity contribution is -0.0544. The molecule has 1 aromatic heterocycles. The minimum Gasteiger partial charge on any atom is -0.387 e. The van der Waals surface area contributed by atoms with Crippen LogP contribution in [0.4, 0.5) is 11.5 Å². The van der Waals surface area contributed by atoms with E-state index in [1.165, 1.54) is 24.3 Å². The van der Waals surface area contributed by atoms with Crippen molar-refractivity contribution in [3.8, 4) is 0 Å². The SMILES string of the molecule is [N-]=[N+]=Nc1ccc(C(=O)CSc2cn([C@@H]3O[C@H](COP(=O)(O)OP(=O)(O)OP(=O)(O)O)[C@@H](O)[C@H]3O)c(=O)nc2N)cc1. The molecular weight excluding hydrogens is 653 g/mol. The molecule has 6 atom stereocenters. The summed E-state index contributed by atoms with van der Waals surface area (Å²) < 4.78 is 51.7. The zero-order chi connectivity index (χ0) is 31.5. The average Bonchev–Trinajstić information content (AvgIpc) is 3.14. The summed E-state index contributed by atoms with van der Waals surface area (Å²) >= 11 is 0.864. The van der Waals surface area contributed by atoms with E-state index in [1.807, 2.05) is 0 Å². The Labute approximate surface area is 237 Å². The number of phosphoric acid groups is 3. The van der Waals surface area contributed by atoms with Gasteiger partial charge in [-0.2, -0.15) is 13.6 Å². The topological polar surface area (TPSA) is 336 Å². The maximum absolute atomic E-state index is 12.6. The number of ketones is 1. The highest BCUT2D eigenvalue weighted by Crippen LogP contribution is 2.66. The van der Waals surface area contributed by atoms with Crippen LogP contribution in [0.3, 0.4) is 0 Å². The quantitative estimate of drug-likeness (QED) is 0.0384. The van der Waals surface area contributed by atoms with Gasteiger partial charge in [0.1, 0.15) is 24.1 Å². The fourth-order valence-corrected chi connectivity index (χ4v) is 7.18. The van der Waals surface area contributed by atoms with Crippen molar-refractivity contribution in [3.05, 3.63) is 57.0 Å². The molecule has 3 rings (SSSR count). The highest BCUT2D eigenvalue weighted by molar-refractivity contribution is 8.00. The van der Waals surface area contributed by atoms with Crippen molar-refractivity contribution >= 4 is 52.5 Å². The van der Waals surface area contributed by atoms with E-state index < -0.39 is 60.3 Å². The first-order valence-corrected chi connectivity index (χ1v) is 16.4. The molecule has 8 N–H and O–H groups in total. The summed E-state index contributed by atoms with van der Waals surface area (Å²) in [4.78, 5) is 67.3. The Kier molecular flexibility index (Phi) is 10.9. The fourth-order valence-electron chi connectivity index (χ4n) is 3.32. The standard InChI is InChI=1S/C17H21N6O15P3S/c18-15-12(42-7-10(24)8-1-3-9(4-2-8)21-22-19)5-23(17(27)20-15)16-14(26)13(25)11(36-16)6-35-40(31,32)38-41(33,34)37-39(28,29)30/h1-5,11,13-14,16,25-26H,6-7H2,(H,31,32)(H,33,34)(H2,18,20,27)(H2,28,29,30)/t11-,13-,14-,16-/m1/s1. The number of aliphatic hydroxyl groups is 2. The molecule has 1 aromatic carbocycles. The lowest BCUT2D eigenvalue weighted by Crippen LogP contribution is -2.36. The molecular formula is C17H21N6O15P3S. The zero-order valence-corrected chi connectivity index (χ0v) is 24.0. The van der Waals surface area contributed by atoms with E-state index in [2.05, 4.69) is 28.2 Å². The van der Waals surface area contributed by atoms with Gasteiger partial charge in [-0.3, -0.25) is 13.9 Å². The number of aromatic nitrogens is 2. The van der Waals surface area contributed by atoms with E-state index in [1.54, 1.807) is 0 Å². The van der Waals surface area contributed by atoms with Crippen LogP contribution in [0.25, 0.3) is 10.4 Å². The summed E-state index contributed by atoms with van der Waals surface area (Å²) in [6.45, 7) is -1.11. The smallest absolute Gasteiger partial charge is 0.387 e. The zero-order valence-electron chi connectivity index (χ0n) is 20.5. The molecule has 42 heavy (non-hydrogen) atoms. The second-order valence-electron chi connectivity index (χ2n) is 8.06. The van der Waals surface area contributed by atoms with Crippen molar-refractivity contribution in [2.75, 3.05) is 18.1 Å². The predicted molar refractivity (Wildman–Crippen MR) is 139 cm³/mol. The second-order valence-corrected chi connectivity index (χ2v) is 13.5. The third-order valence-electron chi connectivity index (χ3n) is 5.08. The third kappa shape index (κ3) is 9.26. The molecule has 0 spiro atoms. The number of carbonyl (C=O) groups is 1. The molecule has 1 fully saturated rings. The minimum absolute atomic E-state index is 0.0932. The summed E-state index contributed by atoms with van der Waals surface area (Å²) in [6.07, 6.45) is -5.99. The van der Waals surface area contributed by atoms with E-state index in [0.29, 0.717) is 5.69 Å². The number of carbonyl (C=O) groups excluding carboxylic acids is 1. The predicted octanol–water partition coefficient (Wildman–Crippen LogP) is 0.705.